The van der Waals surface area contributed by atoms with Crippen LogP contribution >= 0.6 is 0 Å². The number of amides is 1. The summed E-state index contributed by atoms with van der Waals surface area (Å²) in [5.74, 6) is -0.734. The van der Waals surface area contributed by atoms with E-state index in [-0.39, 0.29) is 18.4 Å². The maximum absolute atomic E-state index is 11.5. The van der Waals surface area contributed by atoms with Crippen LogP contribution in [0.15, 0.2) is 0 Å². The molecule has 0 aromatic rings. The second-order valence-electron chi connectivity index (χ2n) is 3.50. The molecular weight excluding hydrogens is 184 g/mol. The van der Waals surface area contributed by atoms with Crippen molar-refractivity contribution in [2.75, 3.05) is 19.6 Å². The first-order valence-electron chi connectivity index (χ1n) is 4.85. The molecular formula is C9H16N2O3. The second-order valence-corrected chi connectivity index (χ2v) is 3.50. The molecule has 0 bridgehead atoms. The van der Waals surface area contributed by atoms with E-state index >= 15 is 0 Å². The van der Waals surface area contributed by atoms with E-state index in [0.717, 1.165) is 6.54 Å². The molecule has 80 valence electrons. The zero-order chi connectivity index (χ0) is 10.6. The lowest BCUT2D eigenvalue weighted by Crippen LogP contribution is -2.53. The summed E-state index contributed by atoms with van der Waals surface area (Å²) in [6, 6.07) is -0.131. The predicted octanol–water partition coefficient (Wildman–Crippen LogP) is -0.328. The summed E-state index contributed by atoms with van der Waals surface area (Å²) >= 11 is 0. The standard InChI is InChI=1S/C9H16N2O3/c1-7-9(14)11(6-4-10-7)5-2-3-8(12)13/h7,10H,2-6H2,1H3,(H,12,13)/t7-/m0/s1. The van der Waals surface area contributed by atoms with Crippen molar-refractivity contribution in [2.24, 2.45) is 0 Å². The normalized spacial score (nSPS) is 22.5. The summed E-state index contributed by atoms with van der Waals surface area (Å²) in [5.41, 5.74) is 0. The number of carbonyl (C=O) groups is 2. The minimum absolute atomic E-state index is 0.0710. The van der Waals surface area contributed by atoms with Gasteiger partial charge in [0.2, 0.25) is 5.91 Å². The fourth-order valence-electron chi connectivity index (χ4n) is 1.53. The zero-order valence-corrected chi connectivity index (χ0v) is 8.32. The van der Waals surface area contributed by atoms with Crippen molar-refractivity contribution >= 4 is 11.9 Å². The number of hydrogen-bond donors (Lipinski definition) is 2. The van der Waals surface area contributed by atoms with Crippen LogP contribution in [0.25, 0.3) is 0 Å². The molecule has 1 aliphatic heterocycles. The van der Waals surface area contributed by atoms with Gasteiger partial charge in [-0.25, -0.2) is 0 Å². The Morgan fingerprint density at radius 3 is 3.07 bits per heavy atom. The number of nitrogens with zero attached hydrogens (tertiary/aromatic N) is 1. The van der Waals surface area contributed by atoms with Gasteiger partial charge in [0.25, 0.3) is 0 Å². The van der Waals surface area contributed by atoms with Crippen LogP contribution in [0.4, 0.5) is 0 Å². The molecule has 0 aromatic carbocycles. The summed E-state index contributed by atoms with van der Waals surface area (Å²) in [6.07, 6.45) is 0.666. The van der Waals surface area contributed by atoms with Gasteiger partial charge in [-0.3, -0.25) is 9.59 Å². The predicted molar refractivity (Wildman–Crippen MR) is 50.9 cm³/mol. The molecule has 14 heavy (non-hydrogen) atoms. The van der Waals surface area contributed by atoms with Crippen LogP contribution in [0.1, 0.15) is 19.8 Å². The van der Waals surface area contributed by atoms with Crippen LogP contribution in [-0.2, 0) is 9.59 Å². The van der Waals surface area contributed by atoms with E-state index in [1.165, 1.54) is 0 Å². The third-order valence-corrected chi connectivity index (χ3v) is 2.33. The Kier molecular flexibility index (Phi) is 3.88. The smallest absolute Gasteiger partial charge is 0.303 e. The van der Waals surface area contributed by atoms with Crippen LogP contribution in [0.3, 0.4) is 0 Å². The highest BCUT2D eigenvalue weighted by molar-refractivity contribution is 5.82. The lowest BCUT2D eigenvalue weighted by Gasteiger charge is -2.31. The van der Waals surface area contributed by atoms with Crippen molar-refractivity contribution in [2.45, 2.75) is 25.8 Å². The van der Waals surface area contributed by atoms with Crippen molar-refractivity contribution in [1.29, 1.82) is 0 Å². The largest absolute Gasteiger partial charge is 0.481 e. The van der Waals surface area contributed by atoms with E-state index in [1.54, 1.807) is 4.90 Å². The number of carboxylic acids is 1. The van der Waals surface area contributed by atoms with Gasteiger partial charge >= 0.3 is 5.97 Å². The first-order chi connectivity index (χ1) is 6.61. The monoisotopic (exact) mass is 200 g/mol. The van der Waals surface area contributed by atoms with Crippen LogP contribution in [0, 0.1) is 0 Å². The summed E-state index contributed by atoms with van der Waals surface area (Å²) < 4.78 is 0. The fourth-order valence-corrected chi connectivity index (χ4v) is 1.53. The molecule has 5 heteroatoms. The fraction of sp³-hybridized carbons (Fsp3) is 0.778. The molecule has 1 rings (SSSR count). The van der Waals surface area contributed by atoms with Gasteiger partial charge in [0, 0.05) is 26.1 Å². The molecule has 0 radical (unpaired) electrons. The Morgan fingerprint density at radius 1 is 1.71 bits per heavy atom. The zero-order valence-electron chi connectivity index (χ0n) is 8.32. The quantitative estimate of drug-likeness (QED) is 0.652. The van der Waals surface area contributed by atoms with Gasteiger partial charge in [0.15, 0.2) is 0 Å². The maximum Gasteiger partial charge on any atom is 0.303 e. The lowest BCUT2D eigenvalue weighted by molar-refractivity contribution is -0.139. The molecule has 1 aliphatic rings. The van der Waals surface area contributed by atoms with Crippen LogP contribution in [0.2, 0.25) is 0 Å². The molecule has 2 N–H and O–H groups in total. The molecule has 1 heterocycles. The van der Waals surface area contributed by atoms with Gasteiger partial charge in [-0.05, 0) is 13.3 Å². The first kappa shape index (κ1) is 11.0. The molecule has 0 unspecified atom stereocenters. The molecule has 1 saturated heterocycles. The molecule has 0 saturated carbocycles. The topological polar surface area (TPSA) is 69.6 Å². The third-order valence-electron chi connectivity index (χ3n) is 2.33. The number of rotatable bonds is 4. The third kappa shape index (κ3) is 2.99. The van der Waals surface area contributed by atoms with Crippen LogP contribution < -0.4 is 5.32 Å². The van der Waals surface area contributed by atoms with Gasteiger partial charge in [-0.2, -0.15) is 0 Å². The van der Waals surface area contributed by atoms with Gasteiger partial charge in [0.1, 0.15) is 0 Å². The van der Waals surface area contributed by atoms with E-state index in [1.807, 2.05) is 6.92 Å². The van der Waals surface area contributed by atoms with E-state index in [4.69, 9.17) is 5.11 Å². The Balaban J connectivity index is 2.29. The van der Waals surface area contributed by atoms with Crippen LogP contribution in [-0.4, -0.2) is 47.6 Å². The SMILES string of the molecule is C[C@@H]1NCCN(CCCC(=O)O)C1=O. The summed E-state index contributed by atoms with van der Waals surface area (Å²) in [7, 11) is 0. The maximum atomic E-state index is 11.5. The molecule has 1 amide bonds. The Labute approximate surface area is 83.1 Å². The average molecular weight is 200 g/mol. The molecule has 5 nitrogen and oxygen atoms in total. The summed E-state index contributed by atoms with van der Waals surface area (Å²) in [6.45, 7) is 3.85. The lowest BCUT2D eigenvalue weighted by atomic mass is 10.2. The number of aliphatic carboxylic acids is 1. The molecule has 1 atom stereocenters. The Hall–Kier alpha value is -1.10. The second kappa shape index (κ2) is 4.95. The van der Waals surface area contributed by atoms with E-state index in [2.05, 4.69) is 5.32 Å². The van der Waals surface area contributed by atoms with E-state index in [9.17, 15) is 9.59 Å². The highest BCUT2D eigenvalue weighted by atomic mass is 16.4. The number of hydrogen-bond acceptors (Lipinski definition) is 3. The van der Waals surface area contributed by atoms with Crippen molar-refractivity contribution in [3.63, 3.8) is 0 Å². The average Bonchev–Trinajstić information content (AvgIpc) is 2.12. The number of piperazine rings is 1. The van der Waals surface area contributed by atoms with Crippen molar-refractivity contribution in [3.8, 4) is 0 Å². The first-order valence-corrected chi connectivity index (χ1v) is 4.85. The summed E-state index contributed by atoms with van der Waals surface area (Å²) in [4.78, 5) is 23.5. The Morgan fingerprint density at radius 2 is 2.43 bits per heavy atom. The van der Waals surface area contributed by atoms with Crippen molar-refractivity contribution < 1.29 is 14.7 Å². The van der Waals surface area contributed by atoms with Crippen molar-refractivity contribution in [3.05, 3.63) is 0 Å². The molecule has 0 aliphatic carbocycles. The number of nitrogens with one attached hydrogen (secondary N) is 1. The van der Waals surface area contributed by atoms with E-state index < -0.39 is 5.97 Å². The van der Waals surface area contributed by atoms with Gasteiger partial charge in [-0.1, -0.05) is 0 Å². The van der Waals surface area contributed by atoms with Gasteiger partial charge < -0.3 is 15.3 Å². The minimum Gasteiger partial charge on any atom is -0.481 e. The highest BCUT2D eigenvalue weighted by Crippen LogP contribution is 2.03. The minimum atomic E-state index is -0.805. The van der Waals surface area contributed by atoms with Crippen molar-refractivity contribution in [1.82, 2.24) is 10.2 Å². The molecule has 0 spiro atoms. The number of carboxylic acid groups (broad SMARTS) is 1. The van der Waals surface area contributed by atoms with Gasteiger partial charge in [-0.15, -0.1) is 0 Å². The molecule has 1 fully saturated rings. The Bertz CT molecular complexity index is 230. The number of carbonyl (C=O) groups excluding carboxylic acids is 1. The molecule has 0 aromatic heterocycles. The van der Waals surface area contributed by atoms with E-state index in [0.29, 0.717) is 19.5 Å². The van der Waals surface area contributed by atoms with Gasteiger partial charge in [0.05, 0.1) is 6.04 Å². The highest BCUT2D eigenvalue weighted by Gasteiger charge is 2.23. The van der Waals surface area contributed by atoms with Crippen LogP contribution in [0.5, 0.6) is 0 Å². The summed E-state index contributed by atoms with van der Waals surface area (Å²) in [5, 5.41) is 11.5.